The summed E-state index contributed by atoms with van der Waals surface area (Å²) in [7, 11) is 0. The van der Waals surface area contributed by atoms with Gasteiger partial charge in [-0.15, -0.1) is 11.6 Å². The van der Waals surface area contributed by atoms with E-state index in [-0.39, 0.29) is 10.8 Å². The van der Waals surface area contributed by atoms with E-state index in [1.165, 1.54) is 0 Å². The van der Waals surface area contributed by atoms with E-state index in [1.54, 1.807) is 0 Å². The van der Waals surface area contributed by atoms with Crippen LogP contribution >= 0.6 is 23.2 Å². The Labute approximate surface area is 133 Å². The van der Waals surface area contributed by atoms with Crippen molar-refractivity contribution in [1.29, 1.82) is 0 Å². The molecule has 0 aromatic carbocycles. The van der Waals surface area contributed by atoms with Crippen LogP contribution in [-0.4, -0.2) is 21.7 Å². The van der Waals surface area contributed by atoms with Gasteiger partial charge in [0.25, 0.3) is 0 Å². The smallest absolute Gasteiger partial charge is 0.0863 e. The highest BCUT2D eigenvalue weighted by atomic mass is 35.5. The van der Waals surface area contributed by atoms with Crippen LogP contribution in [0.1, 0.15) is 52.4 Å². The van der Waals surface area contributed by atoms with E-state index in [1.807, 2.05) is 4.68 Å². The van der Waals surface area contributed by atoms with Crippen LogP contribution in [0, 0.1) is 5.41 Å². The Morgan fingerprint density at radius 3 is 2.45 bits per heavy atom. The monoisotopic (exact) mass is 319 g/mol. The number of alkyl halides is 1. The second-order valence-electron chi connectivity index (χ2n) is 6.37. The number of nitrogens with zero attached hydrogens (tertiary/aromatic N) is 2. The fraction of sp³-hybridized carbons (Fsp3) is 0.800. The molecule has 1 aromatic rings. The first-order valence-electron chi connectivity index (χ1n) is 7.37. The molecule has 0 saturated heterocycles. The van der Waals surface area contributed by atoms with Crippen LogP contribution in [0.5, 0.6) is 0 Å². The number of rotatable bonds is 7. The number of hydrogen-bond donors (Lipinski definition) is 1. The molecule has 5 heteroatoms. The zero-order valence-corrected chi connectivity index (χ0v) is 14.8. The van der Waals surface area contributed by atoms with E-state index in [9.17, 15) is 0 Å². The Kier molecular flexibility index (Phi) is 6.83. The van der Waals surface area contributed by atoms with E-state index in [0.29, 0.717) is 6.54 Å². The lowest BCUT2D eigenvalue weighted by Gasteiger charge is -2.22. The van der Waals surface area contributed by atoms with Gasteiger partial charge in [0, 0.05) is 25.0 Å². The zero-order chi connectivity index (χ0) is 15.3. The Morgan fingerprint density at radius 1 is 1.30 bits per heavy atom. The van der Waals surface area contributed by atoms with Crippen molar-refractivity contribution in [3.8, 4) is 0 Å². The van der Waals surface area contributed by atoms with Crippen LogP contribution in [0.4, 0.5) is 0 Å². The molecule has 20 heavy (non-hydrogen) atoms. The second-order valence-corrected chi connectivity index (χ2v) is 7.36. The molecule has 3 nitrogen and oxygen atoms in total. The number of halogens is 2. The van der Waals surface area contributed by atoms with Crippen LogP contribution in [0.25, 0.3) is 0 Å². The maximum absolute atomic E-state index is 6.37. The molecule has 0 spiro atoms. The highest BCUT2D eigenvalue weighted by Crippen LogP contribution is 2.24. The summed E-state index contributed by atoms with van der Waals surface area (Å²) in [6, 6.07) is 0. The quantitative estimate of drug-likeness (QED) is 0.761. The van der Waals surface area contributed by atoms with Gasteiger partial charge in [0.05, 0.1) is 16.4 Å². The summed E-state index contributed by atoms with van der Waals surface area (Å²) in [5.74, 6) is 0. The molecule has 1 unspecified atom stereocenters. The normalized spacial score (nSPS) is 13.8. The van der Waals surface area contributed by atoms with E-state index in [0.717, 1.165) is 42.3 Å². The van der Waals surface area contributed by atoms with Gasteiger partial charge in [-0.3, -0.25) is 4.68 Å². The van der Waals surface area contributed by atoms with Crippen molar-refractivity contribution in [3.63, 3.8) is 0 Å². The van der Waals surface area contributed by atoms with E-state index >= 15 is 0 Å². The van der Waals surface area contributed by atoms with Crippen LogP contribution in [0.2, 0.25) is 5.02 Å². The molecule has 0 aliphatic rings. The molecule has 0 fully saturated rings. The Balaban J connectivity index is 2.56. The molecule has 1 atom stereocenters. The minimum absolute atomic E-state index is 0.136. The van der Waals surface area contributed by atoms with E-state index in [4.69, 9.17) is 23.2 Å². The molecule has 0 aliphatic heterocycles. The lowest BCUT2D eigenvalue weighted by molar-refractivity contribution is 0.364. The molecule has 1 N–H and O–H groups in total. The fourth-order valence-corrected chi connectivity index (χ4v) is 3.18. The van der Waals surface area contributed by atoms with Gasteiger partial charge in [-0.1, -0.05) is 39.3 Å². The van der Waals surface area contributed by atoms with Crippen molar-refractivity contribution in [2.45, 2.75) is 65.9 Å². The Hall–Kier alpha value is -0.250. The lowest BCUT2D eigenvalue weighted by atomic mass is 9.90. The number of aryl methyl sites for hydroxylation is 2. The third-order valence-corrected chi connectivity index (χ3v) is 3.93. The molecule has 1 rings (SSSR count). The first-order valence-corrected chi connectivity index (χ1v) is 8.18. The summed E-state index contributed by atoms with van der Waals surface area (Å²) >= 11 is 12.7. The van der Waals surface area contributed by atoms with Gasteiger partial charge < -0.3 is 5.32 Å². The highest BCUT2D eigenvalue weighted by Gasteiger charge is 2.18. The van der Waals surface area contributed by atoms with Crippen molar-refractivity contribution in [1.82, 2.24) is 15.1 Å². The summed E-state index contributed by atoms with van der Waals surface area (Å²) in [5.41, 5.74) is 2.29. The second kappa shape index (κ2) is 7.67. The standard InChI is InChI=1S/C15H27Cl2N3/c1-6-12-14(17)13(20(7-2)19-12)10-18-9-11(16)8-15(3,4)5/h11,18H,6-10H2,1-5H3. The van der Waals surface area contributed by atoms with Crippen LogP contribution in [0.15, 0.2) is 0 Å². The molecular formula is C15H27Cl2N3. The van der Waals surface area contributed by atoms with Crippen LogP contribution in [-0.2, 0) is 19.5 Å². The molecule has 116 valence electrons. The van der Waals surface area contributed by atoms with Gasteiger partial charge in [0.2, 0.25) is 0 Å². The van der Waals surface area contributed by atoms with Crippen molar-refractivity contribution in [3.05, 3.63) is 16.4 Å². The summed E-state index contributed by atoms with van der Waals surface area (Å²) in [6.45, 7) is 13.1. The summed E-state index contributed by atoms with van der Waals surface area (Å²) in [5, 5.41) is 8.85. The number of aromatic nitrogens is 2. The van der Waals surface area contributed by atoms with Gasteiger partial charge >= 0.3 is 0 Å². The minimum atomic E-state index is 0.136. The van der Waals surface area contributed by atoms with Gasteiger partial charge in [-0.25, -0.2) is 0 Å². The SMILES string of the molecule is CCc1nn(CC)c(CNCC(Cl)CC(C)(C)C)c1Cl. The van der Waals surface area contributed by atoms with Gasteiger partial charge in [-0.05, 0) is 25.2 Å². The van der Waals surface area contributed by atoms with Crippen molar-refractivity contribution < 1.29 is 0 Å². The zero-order valence-electron chi connectivity index (χ0n) is 13.3. The molecule has 0 aliphatic carbocycles. The third-order valence-electron chi connectivity index (χ3n) is 3.19. The largest absolute Gasteiger partial charge is 0.310 e. The van der Waals surface area contributed by atoms with Gasteiger partial charge in [-0.2, -0.15) is 5.10 Å². The first-order chi connectivity index (χ1) is 9.28. The molecule has 1 heterocycles. The molecule has 0 amide bonds. The molecule has 0 saturated carbocycles. The summed E-state index contributed by atoms with van der Waals surface area (Å²) in [4.78, 5) is 0. The molecule has 1 aromatic heterocycles. The van der Waals surface area contributed by atoms with Crippen molar-refractivity contribution in [2.24, 2.45) is 5.41 Å². The van der Waals surface area contributed by atoms with Crippen LogP contribution < -0.4 is 5.32 Å². The predicted molar refractivity (Wildman–Crippen MR) is 87.7 cm³/mol. The summed E-state index contributed by atoms with van der Waals surface area (Å²) < 4.78 is 1.97. The summed E-state index contributed by atoms with van der Waals surface area (Å²) in [6.07, 6.45) is 1.85. The lowest BCUT2D eigenvalue weighted by Crippen LogP contribution is -2.27. The highest BCUT2D eigenvalue weighted by molar-refractivity contribution is 6.31. The number of hydrogen-bond acceptors (Lipinski definition) is 2. The fourth-order valence-electron chi connectivity index (χ4n) is 2.27. The van der Waals surface area contributed by atoms with Crippen molar-refractivity contribution >= 4 is 23.2 Å². The van der Waals surface area contributed by atoms with E-state index < -0.39 is 0 Å². The predicted octanol–water partition coefficient (Wildman–Crippen LogP) is 4.25. The molecule has 0 bridgehead atoms. The van der Waals surface area contributed by atoms with Gasteiger partial charge in [0.1, 0.15) is 0 Å². The van der Waals surface area contributed by atoms with Crippen molar-refractivity contribution in [2.75, 3.05) is 6.54 Å². The topological polar surface area (TPSA) is 29.9 Å². The average molecular weight is 320 g/mol. The molecule has 0 radical (unpaired) electrons. The Morgan fingerprint density at radius 2 is 1.95 bits per heavy atom. The first kappa shape index (κ1) is 17.8. The van der Waals surface area contributed by atoms with Crippen LogP contribution in [0.3, 0.4) is 0 Å². The number of nitrogens with one attached hydrogen (secondary N) is 1. The average Bonchev–Trinajstić information content (AvgIpc) is 2.64. The Bertz CT molecular complexity index is 421. The minimum Gasteiger partial charge on any atom is -0.310 e. The van der Waals surface area contributed by atoms with Gasteiger partial charge in [0.15, 0.2) is 0 Å². The maximum atomic E-state index is 6.37. The molecular weight excluding hydrogens is 293 g/mol. The third kappa shape index (κ3) is 5.27. The maximum Gasteiger partial charge on any atom is 0.0863 e. The van der Waals surface area contributed by atoms with E-state index in [2.05, 4.69) is 45.0 Å².